The summed E-state index contributed by atoms with van der Waals surface area (Å²) >= 11 is 0. The van der Waals surface area contributed by atoms with E-state index < -0.39 is 0 Å². The molecule has 0 aliphatic carbocycles. The smallest absolute Gasteiger partial charge is 0.133 e. The van der Waals surface area contributed by atoms with Gasteiger partial charge in [0.2, 0.25) is 0 Å². The van der Waals surface area contributed by atoms with Gasteiger partial charge in [-0.05, 0) is 31.7 Å². The summed E-state index contributed by atoms with van der Waals surface area (Å²) in [6, 6.07) is 10.5. The average Bonchev–Trinajstić information content (AvgIpc) is 2.49. The number of ketones is 1. The summed E-state index contributed by atoms with van der Waals surface area (Å²) in [5.74, 6) is 1.56. The largest absolute Gasteiger partial charge is 0.300 e. The monoisotopic (exact) mass is 301 g/mol. The lowest BCUT2D eigenvalue weighted by Gasteiger charge is -2.24. The first-order chi connectivity index (χ1) is 10.3. The molecule has 0 radical (unpaired) electrons. The predicted octanol–water partition coefficient (Wildman–Crippen LogP) is 5.14. The number of carbonyl (C=O) groups is 1. The molecular weight excluding hydrogens is 270 g/mol. The summed E-state index contributed by atoms with van der Waals surface area (Å²) in [4.78, 5) is 16.6. The number of aliphatic imine (C=N–C) groups is 1. The van der Waals surface area contributed by atoms with Crippen LogP contribution in [0.5, 0.6) is 0 Å². The Balaban J connectivity index is 2.79. The SMILES string of the molecule is CC(=O)C(C)C(CC(C)C)C(C)=NCC(C)c1ccccc1. The Morgan fingerprint density at radius 2 is 1.64 bits per heavy atom. The van der Waals surface area contributed by atoms with Gasteiger partial charge in [-0.3, -0.25) is 9.79 Å². The van der Waals surface area contributed by atoms with E-state index in [0.29, 0.717) is 11.8 Å². The number of Topliss-reactive ketones (excluding diaryl/α,β-unsaturated/α-hetero) is 1. The molecule has 2 heteroatoms. The van der Waals surface area contributed by atoms with Crippen molar-refractivity contribution in [2.45, 2.75) is 53.9 Å². The van der Waals surface area contributed by atoms with Crippen molar-refractivity contribution in [1.82, 2.24) is 0 Å². The molecule has 0 amide bonds. The number of nitrogens with zero attached hydrogens (tertiary/aromatic N) is 1. The molecule has 0 heterocycles. The Labute approximate surface area is 136 Å². The maximum atomic E-state index is 11.8. The van der Waals surface area contributed by atoms with Gasteiger partial charge in [0.25, 0.3) is 0 Å². The lowest BCUT2D eigenvalue weighted by Crippen LogP contribution is -2.27. The van der Waals surface area contributed by atoms with Crippen LogP contribution >= 0.6 is 0 Å². The molecule has 22 heavy (non-hydrogen) atoms. The minimum absolute atomic E-state index is 0.0539. The second-order valence-corrected chi connectivity index (χ2v) is 6.93. The Hall–Kier alpha value is -1.44. The fourth-order valence-electron chi connectivity index (χ4n) is 2.81. The molecule has 2 nitrogen and oxygen atoms in total. The third-order valence-electron chi connectivity index (χ3n) is 4.49. The third-order valence-corrected chi connectivity index (χ3v) is 4.49. The summed E-state index contributed by atoms with van der Waals surface area (Å²) < 4.78 is 0. The molecule has 1 aromatic rings. The summed E-state index contributed by atoms with van der Waals surface area (Å²) in [7, 11) is 0. The van der Waals surface area contributed by atoms with E-state index in [1.165, 1.54) is 5.56 Å². The van der Waals surface area contributed by atoms with Gasteiger partial charge in [-0.2, -0.15) is 0 Å². The van der Waals surface area contributed by atoms with E-state index in [1.54, 1.807) is 6.92 Å². The Bertz CT molecular complexity index is 490. The van der Waals surface area contributed by atoms with Gasteiger partial charge in [-0.25, -0.2) is 0 Å². The number of benzene rings is 1. The van der Waals surface area contributed by atoms with E-state index in [4.69, 9.17) is 4.99 Å². The predicted molar refractivity (Wildman–Crippen MR) is 95.6 cm³/mol. The van der Waals surface area contributed by atoms with Crippen LogP contribution < -0.4 is 0 Å². The maximum absolute atomic E-state index is 11.8. The fourth-order valence-corrected chi connectivity index (χ4v) is 2.81. The van der Waals surface area contributed by atoms with E-state index in [0.717, 1.165) is 18.7 Å². The first-order valence-electron chi connectivity index (χ1n) is 8.39. The highest BCUT2D eigenvalue weighted by molar-refractivity contribution is 5.90. The second-order valence-electron chi connectivity index (χ2n) is 6.93. The number of carbonyl (C=O) groups excluding carboxylic acids is 1. The average molecular weight is 301 g/mol. The number of rotatable bonds is 8. The zero-order valence-corrected chi connectivity index (χ0v) is 15.0. The van der Waals surface area contributed by atoms with Crippen LogP contribution in [0.4, 0.5) is 0 Å². The van der Waals surface area contributed by atoms with Crippen LogP contribution in [0.2, 0.25) is 0 Å². The molecule has 1 aromatic carbocycles. The van der Waals surface area contributed by atoms with Crippen molar-refractivity contribution in [1.29, 1.82) is 0 Å². The Kier molecular flexibility index (Phi) is 7.50. The Morgan fingerprint density at radius 3 is 2.14 bits per heavy atom. The van der Waals surface area contributed by atoms with Crippen LogP contribution in [0.1, 0.15) is 59.4 Å². The first-order valence-corrected chi connectivity index (χ1v) is 8.39. The molecule has 0 aromatic heterocycles. The van der Waals surface area contributed by atoms with Crippen molar-refractivity contribution in [3.05, 3.63) is 35.9 Å². The van der Waals surface area contributed by atoms with Crippen molar-refractivity contribution in [3.63, 3.8) is 0 Å². The molecule has 122 valence electrons. The van der Waals surface area contributed by atoms with Gasteiger partial charge in [0, 0.05) is 30.0 Å². The van der Waals surface area contributed by atoms with Crippen molar-refractivity contribution < 1.29 is 4.79 Å². The molecule has 0 saturated carbocycles. The van der Waals surface area contributed by atoms with Gasteiger partial charge in [0.05, 0.1) is 0 Å². The minimum Gasteiger partial charge on any atom is -0.300 e. The maximum Gasteiger partial charge on any atom is 0.133 e. The molecule has 3 unspecified atom stereocenters. The van der Waals surface area contributed by atoms with Crippen LogP contribution in [-0.4, -0.2) is 18.0 Å². The summed E-state index contributed by atoms with van der Waals surface area (Å²) in [6.45, 7) is 13.2. The zero-order chi connectivity index (χ0) is 16.7. The molecule has 0 spiro atoms. The van der Waals surface area contributed by atoms with Gasteiger partial charge < -0.3 is 0 Å². The molecule has 0 saturated heterocycles. The van der Waals surface area contributed by atoms with Crippen molar-refractivity contribution in [2.75, 3.05) is 6.54 Å². The molecule has 1 rings (SSSR count). The lowest BCUT2D eigenvalue weighted by molar-refractivity contribution is -0.121. The Morgan fingerprint density at radius 1 is 1.05 bits per heavy atom. The summed E-state index contributed by atoms with van der Waals surface area (Å²) in [5, 5.41) is 0. The molecule has 0 bridgehead atoms. The standard InChI is InChI=1S/C20H31NO/c1-14(2)12-20(16(4)18(6)22)17(5)21-13-15(3)19-10-8-7-9-11-19/h7-11,14-16,20H,12-13H2,1-6H3. The minimum atomic E-state index is 0.0539. The van der Waals surface area contributed by atoms with Gasteiger partial charge >= 0.3 is 0 Å². The van der Waals surface area contributed by atoms with E-state index in [2.05, 4.69) is 52.0 Å². The highest BCUT2D eigenvalue weighted by Gasteiger charge is 2.24. The quantitative estimate of drug-likeness (QED) is 0.611. The fraction of sp³-hybridized carbons (Fsp3) is 0.600. The van der Waals surface area contributed by atoms with E-state index in [9.17, 15) is 4.79 Å². The molecule has 0 aliphatic rings. The van der Waals surface area contributed by atoms with Crippen molar-refractivity contribution >= 4 is 11.5 Å². The normalized spacial score (nSPS) is 16.4. The van der Waals surface area contributed by atoms with E-state index in [1.807, 2.05) is 13.0 Å². The summed E-state index contributed by atoms with van der Waals surface area (Å²) in [5.41, 5.74) is 2.44. The zero-order valence-electron chi connectivity index (χ0n) is 15.0. The van der Waals surface area contributed by atoms with Crippen LogP contribution in [0.25, 0.3) is 0 Å². The van der Waals surface area contributed by atoms with E-state index >= 15 is 0 Å². The van der Waals surface area contributed by atoms with Crippen LogP contribution in [-0.2, 0) is 4.79 Å². The topological polar surface area (TPSA) is 29.4 Å². The molecular formula is C20H31NO. The third kappa shape index (κ3) is 5.75. The number of hydrogen-bond acceptors (Lipinski definition) is 2. The molecule has 0 fully saturated rings. The van der Waals surface area contributed by atoms with Crippen LogP contribution in [0.15, 0.2) is 35.3 Å². The van der Waals surface area contributed by atoms with E-state index in [-0.39, 0.29) is 17.6 Å². The van der Waals surface area contributed by atoms with Crippen LogP contribution in [0, 0.1) is 17.8 Å². The van der Waals surface area contributed by atoms with Gasteiger partial charge in [0.15, 0.2) is 0 Å². The second kappa shape index (κ2) is 8.87. The molecule has 3 atom stereocenters. The lowest BCUT2D eigenvalue weighted by atomic mass is 9.81. The summed E-state index contributed by atoms with van der Waals surface area (Å²) in [6.07, 6.45) is 1.02. The van der Waals surface area contributed by atoms with Gasteiger partial charge in [0.1, 0.15) is 5.78 Å². The highest BCUT2D eigenvalue weighted by Crippen LogP contribution is 2.24. The van der Waals surface area contributed by atoms with Crippen LogP contribution in [0.3, 0.4) is 0 Å². The first kappa shape index (κ1) is 18.6. The van der Waals surface area contributed by atoms with Crippen molar-refractivity contribution in [3.8, 4) is 0 Å². The molecule has 0 N–H and O–H groups in total. The number of hydrogen-bond donors (Lipinski definition) is 0. The van der Waals surface area contributed by atoms with Crippen molar-refractivity contribution in [2.24, 2.45) is 22.7 Å². The highest BCUT2D eigenvalue weighted by atomic mass is 16.1. The molecule has 0 aliphatic heterocycles. The van der Waals surface area contributed by atoms with Gasteiger partial charge in [-0.15, -0.1) is 0 Å². The van der Waals surface area contributed by atoms with Gasteiger partial charge in [-0.1, -0.05) is 58.0 Å².